The predicted molar refractivity (Wildman–Crippen MR) is 68.7 cm³/mol. The first kappa shape index (κ1) is 13.1. The molecule has 0 saturated carbocycles. The van der Waals surface area contributed by atoms with Crippen LogP contribution in [0.3, 0.4) is 0 Å². The van der Waals surface area contributed by atoms with E-state index in [1.54, 1.807) is 6.20 Å². The largest absolute Gasteiger partial charge is 0.354 e. The van der Waals surface area contributed by atoms with Gasteiger partial charge in [0.2, 0.25) is 0 Å². The third kappa shape index (κ3) is 2.27. The summed E-state index contributed by atoms with van der Waals surface area (Å²) >= 11 is 0. The van der Waals surface area contributed by atoms with Gasteiger partial charge in [0.1, 0.15) is 6.23 Å². The first-order valence-corrected chi connectivity index (χ1v) is 6.56. The molecular formula is C13H20N2O3. The maximum atomic E-state index is 11.8. The normalized spacial score (nSPS) is 27.6. The van der Waals surface area contributed by atoms with Crippen molar-refractivity contribution in [3.05, 3.63) is 32.6 Å². The lowest BCUT2D eigenvalue weighted by Gasteiger charge is -2.15. The monoisotopic (exact) mass is 252 g/mol. The van der Waals surface area contributed by atoms with E-state index in [0.717, 1.165) is 12.8 Å². The van der Waals surface area contributed by atoms with Crippen LogP contribution in [0.2, 0.25) is 0 Å². The topological polar surface area (TPSA) is 64.1 Å². The summed E-state index contributed by atoms with van der Waals surface area (Å²) in [6.45, 7) is 6.11. The highest BCUT2D eigenvalue weighted by atomic mass is 16.5. The zero-order valence-electron chi connectivity index (χ0n) is 11.1. The van der Waals surface area contributed by atoms with Gasteiger partial charge in [-0.1, -0.05) is 20.8 Å². The molecule has 3 atom stereocenters. The van der Waals surface area contributed by atoms with Gasteiger partial charge in [-0.15, -0.1) is 0 Å². The van der Waals surface area contributed by atoms with Gasteiger partial charge < -0.3 is 4.74 Å². The number of nitrogens with one attached hydrogen (secondary N) is 1. The van der Waals surface area contributed by atoms with Gasteiger partial charge in [-0.25, -0.2) is 4.79 Å². The minimum absolute atomic E-state index is 0.193. The lowest BCUT2D eigenvalue weighted by Crippen LogP contribution is -2.34. The number of hydrogen-bond acceptors (Lipinski definition) is 3. The fourth-order valence-electron chi connectivity index (χ4n) is 2.53. The molecule has 1 aromatic heterocycles. The minimum atomic E-state index is -0.383. The Morgan fingerprint density at radius 2 is 2.17 bits per heavy atom. The van der Waals surface area contributed by atoms with E-state index < -0.39 is 0 Å². The number of hydrogen-bond donors (Lipinski definition) is 1. The van der Waals surface area contributed by atoms with E-state index >= 15 is 0 Å². The fraction of sp³-hybridized carbons (Fsp3) is 0.692. The summed E-state index contributed by atoms with van der Waals surface area (Å²) < 4.78 is 7.39. The molecule has 3 unspecified atom stereocenters. The summed E-state index contributed by atoms with van der Waals surface area (Å²) in [6.07, 6.45) is 3.94. The number of rotatable bonds is 3. The fourth-order valence-corrected chi connectivity index (χ4v) is 2.53. The van der Waals surface area contributed by atoms with Crippen molar-refractivity contribution in [3.63, 3.8) is 0 Å². The van der Waals surface area contributed by atoms with Gasteiger partial charge >= 0.3 is 5.69 Å². The molecule has 5 nitrogen and oxygen atoms in total. The van der Waals surface area contributed by atoms with Crippen molar-refractivity contribution in [2.24, 2.45) is 5.92 Å². The maximum absolute atomic E-state index is 11.8. The predicted octanol–water partition coefficient (Wildman–Crippen LogP) is 1.43. The molecule has 100 valence electrons. The van der Waals surface area contributed by atoms with Crippen molar-refractivity contribution >= 4 is 0 Å². The van der Waals surface area contributed by atoms with Crippen molar-refractivity contribution in [1.82, 2.24) is 9.55 Å². The van der Waals surface area contributed by atoms with Crippen molar-refractivity contribution in [3.8, 4) is 0 Å². The van der Waals surface area contributed by atoms with Gasteiger partial charge in [0.15, 0.2) is 0 Å². The second-order valence-electron chi connectivity index (χ2n) is 4.92. The van der Waals surface area contributed by atoms with Crippen molar-refractivity contribution < 1.29 is 4.74 Å². The molecular weight excluding hydrogens is 232 g/mol. The number of aryl methyl sites for hydroxylation is 1. The van der Waals surface area contributed by atoms with Crippen molar-refractivity contribution in [2.75, 3.05) is 0 Å². The number of H-pyrrole nitrogens is 1. The lowest BCUT2D eigenvalue weighted by molar-refractivity contribution is -0.00771. The Hall–Kier alpha value is -1.36. The van der Waals surface area contributed by atoms with Gasteiger partial charge in [-0.3, -0.25) is 14.3 Å². The second kappa shape index (κ2) is 5.10. The van der Waals surface area contributed by atoms with Gasteiger partial charge in [-0.2, -0.15) is 0 Å². The van der Waals surface area contributed by atoms with Crippen LogP contribution >= 0.6 is 0 Å². The van der Waals surface area contributed by atoms with Gasteiger partial charge in [0.25, 0.3) is 5.56 Å². The van der Waals surface area contributed by atoms with Gasteiger partial charge in [-0.05, 0) is 25.2 Å². The molecule has 0 bridgehead atoms. The molecule has 18 heavy (non-hydrogen) atoms. The quantitative estimate of drug-likeness (QED) is 0.885. The Balaban J connectivity index is 2.35. The Kier molecular flexibility index (Phi) is 3.71. The average Bonchev–Trinajstić information content (AvgIpc) is 2.70. The van der Waals surface area contributed by atoms with Crippen LogP contribution in [0.25, 0.3) is 0 Å². The van der Waals surface area contributed by atoms with Crippen molar-refractivity contribution in [1.29, 1.82) is 0 Å². The summed E-state index contributed by atoms with van der Waals surface area (Å²) in [5.41, 5.74) is -0.0613. The van der Waals surface area contributed by atoms with Crippen molar-refractivity contribution in [2.45, 2.75) is 52.4 Å². The zero-order valence-corrected chi connectivity index (χ0v) is 11.1. The van der Waals surface area contributed by atoms with E-state index in [9.17, 15) is 9.59 Å². The first-order chi connectivity index (χ1) is 8.56. The highest BCUT2D eigenvalue weighted by Gasteiger charge is 2.32. The Morgan fingerprint density at radius 1 is 1.44 bits per heavy atom. The molecule has 0 spiro atoms. The maximum Gasteiger partial charge on any atom is 0.330 e. The van der Waals surface area contributed by atoms with Crippen LogP contribution in [-0.4, -0.2) is 15.7 Å². The first-order valence-electron chi connectivity index (χ1n) is 6.56. The van der Waals surface area contributed by atoms with E-state index in [-0.39, 0.29) is 23.6 Å². The van der Waals surface area contributed by atoms with Crippen LogP contribution in [-0.2, 0) is 11.2 Å². The average molecular weight is 252 g/mol. The molecule has 1 aliphatic heterocycles. The summed E-state index contributed by atoms with van der Waals surface area (Å²) in [5, 5.41) is 0. The molecule has 0 radical (unpaired) electrons. The van der Waals surface area contributed by atoms with E-state index in [1.807, 2.05) is 6.92 Å². The zero-order chi connectivity index (χ0) is 13.3. The highest BCUT2D eigenvalue weighted by Crippen LogP contribution is 2.33. The highest BCUT2D eigenvalue weighted by molar-refractivity contribution is 5.04. The summed E-state index contributed by atoms with van der Waals surface area (Å²) in [6, 6.07) is 0. The van der Waals surface area contributed by atoms with Crippen LogP contribution in [0.1, 0.15) is 45.4 Å². The second-order valence-corrected chi connectivity index (χ2v) is 4.92. The summed E-state index contributed by atoms with van der Waals surface area (Å²) in [5.74, 6) is 0.434. The van der Waals surface area contributed by atoms with E-state index in [2.05, 4.69) is 18.8 Å². The number of aromatic nitrogens is 2. The smallest absolute Gasteiger partial charge is 0.330 e. The van der Waals surface area contributed by atoms with Crippen LogP contribution < -0.4 is 11.2 Å². The van der Waals surface area contributed by atoms with Crippen LogP contribution in [0.15, 0.2) is 15.8 Å². The molecule has 1 fully saturated rings. The Bertz CT molecular complexity index is 532. The Labute approximate surface area is 106 Å². The third-order valence-corrected chi connectivity index (χ3v) is 3.68. The molecule has 2 heterocycles. The van der Waals surface area contributed by atoms with Crippen LogP contribution in [0.4, 0.5) is 0 Å². The molecule has 0 amide bonds. The summed E-state index contributed by atoms with van der Waals surface area (Å²) in [7, 11) is 0. The lowest BCUT2D eigenvalue weighted by atomic mass is 10.0. The van der Waals surface area contributed by atoms with E-state index in [4.69, 9.17) is 4.74 Å². The Morgan fingerprint density at radius 3 is 2.72 bits per heavy atom. The molecule has 1 aliphatic rings. The van der Waals surface area contributed by atoms with Crippen LogP contribution in [0, 0.1) is 5.92 Å². The molecule has 0 aromatic carbocycles. The SMILES string of the molecule is CCc1cn(C2CC(C)C(CC)O2)c(=O)[nH]c1=O. The molecule has 1 saturated heterocycles. The molecule has 5 heteroatoms. The van der Waals surface area contributed by atoms with Gasteiger partial charge in [0.05, 0.1) is 6.10 Å². The molecule has 0 aliphatic carbocycles. The number of nitrogens with zero attached hydrogens (tertiary/aromatic N) is 1. The standard InChI is InChI=1S/C13H20N2O3/c1-4-9-7-15(13(17)14-12(9)16)11-6-8(3)10(5-2)18-11/h7-8,10-11H,4-6H2,1-3H3,(H,14,16,17). The van der Waals surface area contributed by atoms with Gasteiger partial charge in [0, 0.05) is 11.8 Å². The molecule has 1 aromatic rings. The minimum Gasteiger partial charge on any atom is -0.354 e. The van der Waals surface area contributed by atoms with Crippen LogP contribution in [0.5, 0.6) is 0 Å². The van der Waals surface area contributed by atoms with E-state index in [1.165, 1.54) is 4.57 Å². The number of aromatic amines is 1. The van der Waals surface area contributed by atoms with E-state index in [0.29, 0.717) is 17.9 Å². The summed E-state index contributed by atoms with van der Waals surface area (Å²) in [4.78, 5) is 25.7. The molecule has 2 rings (SSSR count). The third-order valence-electron chi connectivity index (χ3n) is 3.68. The number of ether oxygens (including phenoxy) is 1. The molecule has 1 N–H and O–H groups in total.